The van der Waals surface area contributed by atoms with Crippen molar-refractivity contribution in [1.29, 1.82) is 0 Å². The van der Waals surface area contributed by atoms with Crippen LogP contribution in [-0.4, -0.2) is 17.0 Å². The van der Waals surface area contributed by atoms with E-state index in [4.69, 9.17) is 10.5 Å². The molecule has 19 heavy (non-hydrogen) atoms. The number of nitrogens with two attached hydrogens (primary N) is 1. The minimum Gasteiger partial charge on any atom is -0.426 e. The van der Waals surface area contributed by atoms with Crippen LogP contribution in [0.25, 0.3) is 10.9 Å². The summed E-state index contributed by atoms with van der Waals surface area (Å²) in [5.41, 5.74) is 7.88. The molecule has 1 aliphatic rings. The number of carbonyl (C=O) groups excluding carboxylic acids is 1. The van der Waals surface area contributed by atoms with Crippen LogP contribution in [0, 0.1) is 5.92 Å². The number of ether oxygens (including phenoxy) is 1. The van der Waals surface area contributed by atoms with E-state index in [1.807, 2.05) is 25.1 Å². The Labute approximate surface area is 111 Å². The number of fused-ring (bicyclic) bond motifs is 1. The molecule has 4 heteroatoms. The van der Waals surface area contributed by atoms with Gasteiger partial charge in [-0.25, -0.2) is 0 Å². The minimum atomic E-state index is -0.110. The number of esters is 1. The summed E-state index contributed by atoms with van der Waals surface area (Å²) in [7, 11) is 0. The number of nitrogens with one attached hydrogen (secondary N) is 1. The summed E-state index contributed by atoms with van der Waals surface area (Å²) >= 11 is 0. The van der Waals surface area contributed by atoms with Crippen LogP contribution >= 0.6 is 0 Å². The summed E-state index contributed by atoms with van der Waals surface area (Å²) in [6.07, 6.45) is 2.73. The summed E-state index contributed by atoms with van der Waals surface area (Å²) in [6, 6.07) is 7.89. The number of benzene rings is 1. The van der Waals surface area contributed by atoms with E-state index in [1.165, 1.54) is 0 Å². The van der Waals surface area contributed by atoms with Crippen molar-refractivity contribution in [1.82, 2.24) is 4.98 Å². The van der Waals surface area contributed by atoms with Crippen molar-refractivity contribution in [3.05, 3.63) is 30.0 Å². The lowest BCUT2D eigenvalue weighted by Gasteiger charge is -2.02. The highest BCUT2D eigenvalue weighted by molar-refractivity contribution is 5.83. The third-order valence-electron chi connectivity index (χ3n) is 3.32. The predicted octanol–water partition coefficient (Wildman–Crippen LogP) is 2.37. The van der Waals surface area contributed by atoms with E-state index in [0.717, 1.165) is 35.9 Å². The van der Waals surface area contributed by atoms with Crippen molar-refractivity contribution >= 4 is 16.9 Å². The molecule has 100 valence electrons. The predicted molar refractivity (Wildman–Crippen MR) is 74.0 cm³/mol. The van der Waals surface area contributed by atoms with Gasteiger partial charge in [-0.05, 0) is 43.4 Å². The summed E-state index contributed by atoms with van der Waals surface area (Å²) < 4.78 is 5.35. The molecular formula is C15H18N2O2. The van der Waals surface area contributed by atoms with Crippen molar-refractivity contribution < 1.29 is 9.53 Å². The Morgan fingerprint density at radius 3 is 2.95 bits per heavy atom. The fourth-order valence-corrected chi connectivity index (χ4v) is 2.21. The number of aromatic amines is 1. The van der Waals surface area contributed by atoms with Crippen LogP contribution < -0.4 is 10.5 Å². The third-order valence-corrected chi connectivity index (χ3v) is 3.32. The second kappa shape index (κ2) is 4.70. The van der Waals surface area contributed by atoms with Gasteiger partial charge >= 0.3 is 5.97 Å². The molecule has 0 saturated heterocycles. The Kier molecular flexibility index (Phi) is 3.03. The van der Waals surface area contributed by atoms with Gasteiger partial charge in [0.2, 0.25) is 0 Å². The molecule has 2 aromatic rings. The monoisotopic (exact) mass is 258 g/mol. The zero-order valence-electron chi connectivity index (χ0n) is 11.0. The second-order valence-corrected chi connectivity index (χ2v) is 5.42. The molecule has 1 aromatic carbocycles. The first kappa shape index (κ1) is 12.2. The second-order valence-electron chi connectivity index (χ2n) is 5.42. The van der Waals surface area contributed by atoms with Gasteiger partial charge in [-0.3, -0.25) is 4.79 Å². The molecule has 3 rings (SSSR count). The Bertz CT molecular complexity index is 612. The normalized spacial score (nSPS) is 16.5. The number of rotatable bonds is 4. The van der Waals surface area contributed by atoms with E-state index in [1.54, 1.807) is 0 Å². The summed E-state index contributed by atoms with van der Waals surface area (Å²) in [4.78, 5) is 14.9. The molecule has 1 heterocycles. The maximum atomic E-state index is 11.6. The van der Waals surface area contributed by atoms with E-state index < -0.39 is 0 Å². The number of hydrogen-bond acceptors (Lipinski definition) is 3. The fourth-order valence-electron chi connectivity index (χ4n) is 2.21. The van der Waals surface area contributed by atoms with Crippen LogP contribution in [-0.2, 0) is 11.2 Å². The first-order valence-corrected chi connectivity index (χ1v) is 6.71. The van der Waals surface area contributed by atoms with Gasteiger partial charge in [0.1, 0.15) is 5.75 Å². The zero-order chi connectivity index (χ0) is 13.4. The van der Waals surface area contributed by atoms with Crippen molar-refractivity contribution in [2.45, 2.75) is 32.2 Å². The van der Waals surface area contributed by atoms with Crippen molar-refractivity contribution in [2.75, 3.05) is 0 Å². The van der Waals surface area contributed by atoms with Gasteiger partial charge in [0.25, 0.3) is 0 Å². The van der Waals surface area contributed by atoms with Gasteiger partial charge in [0, 0.05) is 29.7 Å². The largest absolute Gasteiger partial charge is 0.426 e. The van der Waals surface area contributed by atoms with Crippen LogP contribution in [0.1, 0.15) is 25.5 Å². The van der Waals surface area contributed by atoms with Crippen LogP contribution in [0.4, 0.5) is 0 Å². The van der Waals surface area contributed by atoms with Crippen molar-refractivity contribution in [3.63, 3.8) is 0 Å². The lowest BCUT2D eigenvalue weighted by atomic mass is 10.2. The highest BCUT2D eigenvalue weighted by atomic mass is 16.5. The molecule has 0 amide bonds. The van der Waals surface area contributed by atoms with E-state index in [2.05, 4.69) is 11.1 Å². The average Bonchev–Trinajstić information content (AvgIpc) is 3.10. The van der Waals surface area contributed by atoms with Gasteiger partial charge in [0.05, 0.1) is 5.92 Å². The summed E-state index contributed by atoms with van der Waals surface area (Å²) in [5, 5.41) is 1.11. The lowest BCUT2D eigenvalue weighted by molar-refractivity contribution is -0.135. The Hall–Kier alpha value is -1.81. The van der Waals surface area contributed by atoms with Crippen LogP contribution in [0.5, 0.6) is 5.75 Å². The minimum absolute atomic E-state index is 0.110. The van der Waals surface area contributed by atoms with Gasteiger partial charge in [-0.15, -0.1) is 0 Å². The molecule has 0 radical (unpaired) electrons. The molecule has 1 aromatic heterocycles. The Morgan fingerprint density at radius 2 is 2.26 bits per heavy atom. The van der Waals surface area contributed by atoms with Gasteiger partial charge in [-0.2, -0.15) is 0 Å². The van der Waals surface area contributed by atoms with Gasteiger partial charge in [0.15, 0.2) is 0 Å². The lowest BCUT2D eigenvalue weighted by Crippen LogP contribution is -2.17. The maximum absolute atomic E-state index is 11.6. The van der Waals surface area contributed by atoms with E-state index in [-0.39, 0.29) is 17.9 Å². The highest BCUT2D eigenvalue weighted by Gasteiger charge is 2.31. The standard InChI is InChI=1S/C15H18N2O2/c1-9(16)6-12-7-11-4-5-13(8-14(11)17-12)19-15(18)10-2-3-10/h4-5,7-10,17H,2-3,6,16H2,1H3. The number of H-pyrrole nitrogens is 1. The molecular weight excluding hydrogens is 240 g/mol. The quantitative estimate of drug-likeness (QED) is 0.653. The maximum Gasteiger partial charge on any atom is 0.314 e. The molecule has 1 atom stereocenters. The molecule has 1 saturated carbocycles. The zero-order valence-corrected chi connectivity index (χ0v) is 11.0. The molecule has 1 aliphatic carbocycles. The van der Waals surface area contributed by atoms with Crippen LogP contribution in [0.2, 0.25) is 0 Å². The molecule has 1 unspecified atom stereocenters. The summed E-state index contributed by atoms with van der Waals surface area (Å²) in [5.74, 6) is 0.619. The van der Waals surface area contributed by atoms with E-state index in [0.29, 0.717) is 5.75 Å². The van der Waals surface area contributed by atoms with Gasteiger partial charge in [-0.1, -0.05) is 0 Å². The number of aromatic nitrogens is 1. The SMILES string of the molecule is CC(N)Cc1cc2ccc(OC(=O)C3CC3)cc2[nH]1. The summed E-state index contributed by atoms with van der Waals surface area (Å²) in [6.45, 7) is 1.98. The third kappa shape index (κ3) is 2.79. The molecule has 0 spiro atoms. The smallest absolute Gasteiger partial charge is 0.314 e. The molecule has 0 aliphatic heterocycles. The Balaban J connectivity index is 1.81. The van der Waals surface area contributed by atoms with Crippen LogP contribution in [0.3, 0.4) is 0 Å². The van der Waals surface area contributed by atoms with E-state index in [9.17, 15) is 4.79 Å². The van der Waals surface area contributed by atoms with Crippen molar-refractivity contribution in [2.24, 2.45) is 11.7 Å². The first-order chi connectivity index (χ1) is 9.11. The van der Waals surface area contributed by atoms with Crippen LogP contribution in [0.15, 0.2) is 24.3 Å². The molecule has 0 bridgehead atoms. The van der Waals surface area contributed by atoms with E-state index >= 15 is 0 Å². The fraction of sp³-hybridized carbons (Fsp3) is 0.400. The average molecular weight is 258 g/mol. The topological polar surface area (TPSA) is 68.1 Å². The highest BCUT2D eigenvalue weighted by Crippen LogP contribution is 2.31. The molecule has 4 nitrogen and oxygen atoms in total. The first-order valence-electron chi connectivity index (χ1n) is 6.71. The molecule has 3 N–H and O–H groups in total. The van der Waals surface area contributed by atoms with Crippen molar-refractivity contribution in [3.8, 4) is 5.75 Å². The number of carbonyl (C=O) groups is 1. The molecule has 1 fully saturated rings. The van der Waals surface area contributed by atoms with Gasteiger partial charge < -0.3 is 15.5 Å². The number of hydrogen-bond donors (Lipinski definition) is 2. The Morgan fingerprint density at radius 1 is 1.47 bits per heavy atom.